The van der Waals surface area contributed by atoms with Crippen molar-refractivity contribution in [3.8, 4) is 0 Å². The zero-order valence-corrected chi connectivity index (χ0v) is 15.9. The fourth-order valence-corrected chi connectivity index (χ4v) is 4.56. The zero-order valence-electron chi connectivity index (χ0n) is 15.1. The molecule has 0 bridgehead atoms. The van der Waals surface area contributed by atoms with Gasteiger partial charge in [-0.15, -0.1) is 11.3 Å². The van der Waals surface area contributed by atoms with Gasteiger partial charge in [-0.05, 0) is 24.8 Å². The Hall–Kier alpha value is -2.53. The number of nitrogen functional groups attached to an aromatic ring is 1. The lowest BCUT2D eigenvalue weighted by molar-refractivity contribution is 0.0910. The number of benzene rings is 1. The Morgan fingerprint density at radius 1 is 1.19 bits per heavy atom. The maximum atomic E-state index is 12.9. The summed E-state index contributed by atoms with van der Waals surface area (Å²) >= 11 is 1.31. The van der Waals surface area contributed by atoms with Gasteiger partial charge in [-0.1, -0.05) is 43.7 Å². The van der Waals surface area contributed by atoms with Crippen molar-refractivity contribution in [2.75, 3.05) is 5.73 Å². The molecule has 2 aromatic heterocycles. The zero-order chi connectivity index (χ0) is 18.6. The van der Waals surface area contributed by atoms with Crippen LogP contribution in [0.3, 0.4) is 0 Å². The second kappa shape index (κ2) is 5.74. The summed E-state index contributed by atoms with van der Waals surface area (Å²) in [6.45, 7) is 6.14. The third-order valence-electron chi connectivity index (χ3n) is 4.91. The van der Waals surface area contributed by atoms with E-state index in [2.05, 4.69) is 13.8 Å². The van der Waals surface area contributed by atoms with E-state index < -0.39 is 0 Å². The van der Waals surface area contributed by atoms with Crippen molar-refractivity contribution >= 4 is 38.8 Å². The van der Waals surface area contributed by atoms with Crippen LogP contribution in [0.25, 0.3) is 10.2 Å². The molecule has 4 nitrogen and oxygen atoms in total. The summed E-state index contributed by atoms with van der Waals surface area (Å²) in [6.07, 6.45) is 1.26. The normalized spacial score (nSPS) is 15.9. The summed E-state index contributed by atoms with van der Waals surface area (Å²) in [4.78, 5) is 31.3. The maximum Gasteiger partial charge on any atom is 0.205 e. The Kier molecular flexibility index (Phi) is 3.74. The minimum atomic E-state index is -0.102. The summed E-state index contributed by atoms with van der Waals surface area (Å²) in [5, 5.41) is 0.706. The molecule has 0 atom stereocenters. The molecule has 0 spiro atoms. The number of Topliss-reactive ketones (excluding diaryl/α,β-unsaturated/α-hetero) is 1. The number of fused-ring (bicyclic) bond motifs is 2. The molecule has 0 saturated carbocycles. The molecule has 1 aliphatic rings. The van der Waals surface area contributed by atoms with Gasteiger partial charge < -0.3 is 5.73 Å². The van der Waals surface area contributed by atoms with Crippen molar-refractivity contribution in [3.05, 3.63) is 57.6 Å². The van der Waals surface area contributed by atoms with E-state index in [1.165, 1.54) is 11.3 Å². The first-order valence-electron chi connectivity index (χ1n) is 8.62. The van der Waals surface area contributed by atoms with Gasteiger partial charge in [0.15, 0.2) is 5.78 Å². The van der Waals surface area contributed by atoms with Crippen LogP contribution in [0, 0.1) is 12.3 Å². The van der Waals surface area contributed by atoms with Gasteiger partial charge in [-0.25, -0.2) is 4.98 Å². The Balaban J connectivity index is 1.84. The Labute approximate surface area is 156 Å². The number of rotatable bonds is 2. The molecule has 26 heavy (non-hydrogen) atoms. The van der Waals surface area contributed by atoms with E-state index in [0.29, 0.717) is 33.5 Å². The highest BCUT2D eigenvalue weighted by Gasteiger charge is 2.33. The Morgan fingerprint density at radius 3 is 2.58 bits per heavy atom. The molecule has 2 N–H and O–H groups in total. The van der Waals surface area contributed by atoms with Gasteiger partial charge in [-0.3, -0.25) is 9.59 Å². The largest absolute Gasteiger partial charge is 0.397 e. The number of pyridine rings is 1. The minimum Gasteiger partial charge on any atom is -0.397 e. The topological polar surface area (TPSA) is 73.1 Å². The summed E-state index contributed by atoms with van der Waals surface area (Å²) in [6, 6.07) is 9.27. The molecule has 0 radical (unpaired) electrons. The van der Waals surface area contributed by atoms with Crippen LogP contribution in [0.5, 0.6) is 0 Å². The number of ketones is 2. The average molecular weight is 364 g/mol. The molecule has 4 rings (SSSR count). The van der Waals surface area contributed by atoms with Gasteiger partial charge in [0, 0.05) is 22.9 Å². The van der Waals surface area contributed by atoms with Crippen LogP contribution < -0.4 is 5.73 Å². The monoisotopic (exact) mass is 364 g/mol. The van der Waals surface area contributed by atoms with Crippen molar-refractivity contribution in [1.82, 2.24) is 4.98 Å². The lowest BCUT2D eigenvalue weighted by Gasteiger charge is -2.29. The molecule has 2 heterocycles. The quantitative estimate of drug-likeness (QED) is 0.676. The first kappa shape index (κ1) is 16.9. The van der Waals surface area contributed by atoms with Crippen LogP contribution in [0.2, 0.25) is 0 Å². The van der Waals surface area contributed by atoms with Crippen LogP contribution >= 0.6 is 11.3 Å². The minimum absolute atomic E-state index is 0.0892. The van der Waals surface area contributed by atoms with Gasteiger partial charge in [0.1, 0.15) is 9.71 Å². The van der Waals surface area contributed by atoms with Crippen molar-refractivity contribution in [2.24, 2.45) is 5.41 Å². The van der Waals surface area contributed by atoms with E-state index in [-0.39, 0.29) is 17.0 Å². The van der Waals surface area contributed by atoms with Crippen LogP contribution in [0.1, 0.15) is 57.1 Å². The van der Waals surface area contributed by atoms with E-state index in [9.17, 15) is 9.59 Å². The molecular weight excluding hydrogens is 344 g/mol. The summed E-state index contributed by atoms with van der Waals surface area (Å²) in [5.41, 5.74) is 9.78. The molecule has 0 aliphatic heterocycles. The Bertz CT molecular complexity index is 1060. The molecule has 0 unspecified atom stereocenters. The molecule has 1 aliphatic carbocycles. The van der Waals surface area contributed by atoms with E-state index in [4.69, 9.17) is 10.7 Å². The summed E-state index contributed by atoms with van der Waals surface area (Å²) < 4.78 is 0. The highest BCUT2D eigenvalue weighted by atomic mass is 32.1. The maximum absolute atomic E-state index is 12.9. The van der Waals surface area contributed by atoms with Crippen LogP contribution in [0.4, 0.5) is 5.69 Å². The van der Waals surface area contributed by atoms with E-state index >= 15 is 0 Å². The van der Waals surface area contributed by atoms with Crippen molar-refractivity contribution in [1.29, 1.82) is 0 Å². The summed E-state index contributed by atoms with van der Waals surface area (Å²) in [5.74, 6) is -0.00205. The van der Waals surface area contributed by atoms with Gasteiger partial charge in [0.05, 0.1) is 11.4 Å². The second-order valence-electron chi connectivity index (χ2n) is 7.82. The number of nitrogens with two attached hydrogens (primary N) is 1. The summed E-state index contributed by atoms with van der Waals surface area (Å²) in [7, 11) is 0. The molecule has 5 heteroatoms. The fraction of sp³-hybridized carbons (Fsp3) is 0.286. The van der Waals surface area contributed by atoms with Crippen LogP contribution in [-0.2, 0) is 6.42 Å². The van der Waals surface area contributed by atoms with E-state index in [1.807, 2.05) is 37.3 Å². The first-order chi connectivity index (χ1) is 12.2. The molecule has 0 amide bonds. The number of anilines is 1. The number of carbonyl (C=O) groups excluding carboxylic acids is 2. The molecule has 0 fully saturated rings. The van der Waals surface area contributed by atoms with E-state index in [1.54, 1.807) is 0 Å². The predicted octanol–water partition coefficient (Wildman–Crippen LogP) is 4.57. The van der Waals surface area contributed by atoms with Crippen molar-refractivity contribution < 1.29 is 9.59 Å². The second-order valence-corrected chi connectivity index (χ2v) is 8.82. The number of nitrogens with zero attached hydrogens (tertiary/aromatic N) is 1. The third-order valence-corrected chi connectivity index (χ3v) is 6.02. The fourth-order valence-electron chi connectivity index (χ4n) is 3.50. The highest BCUT2D eigenvalue weighted by molar-refractivity contribution is 7.21. The smallest absolute Gasteiger partial charge is 0.205 e. The number of aromatic nitrogens is 1. The highest BCUT2D eigenvalue weighted by Crippen LogP contribution is 2.39. The number of aryl methyl sites for hydroxylation is 1. The van der Waals surface area contributed by atoms with Crippen LogP contribution in [-0.4, -0.2) is 16.6 Å². The number of carbonyl (C=O) groups is 2. The van der Waals surface area contributed by atoms with Crippen molar-refractivity contribution in [3.63, 3.8) is 0 Å². The van der Waals surface area contributed by atoms with E-state index in [0.717, 1.165) is 22.5 Å². The lowest BCUT2D eigenvalue weighted by Crippen LogP contribution is -2.27. The average Bonchev–Trinajstić information content (AvgIpc) is 2.88. The number of hydrogen-bond donors (Lipinski definition) is 1. The molecule has 1 aromatic carbocycles. The molecule has 0 saturated heterocycles. The first-order valence-corrected chi connectivity index (χ1v) is 9.43. The SMILES string of the molecule is Cc1ccc(C(=O)c2sc3nc4c(cc3c2N)C(=O)CC(C)(C)C4)cc1. The Morgan fingerprint density at radius 2 is 1.88 bits per heavy atom. The van der Waals surface area contributed by atoms with Gasteiger partial charge in [-0.2, -0.15) is 0 Å². The standard InChI is InChI=1S/C21H20N2O2S/c1-11-4-6-12(7-5-11)18(25)19-17(22)14-8-13-15(23-20(14)26-19)9-21(2,3)10-16(13)24/h4-8H,9-10,22H2,1-3H3. The number of hydrogen-bond acceptors (Lipinski definition) is 5. The molecule has 132 valence electrons. The van der Waals surface area contributed by atoms with Crippen molar-refractivity contribution in [2.45, 2.75) is 33.6 Å². The lowest BCUT2D eigenvalue weighted by atomic mass is 9.75. The predicted molar refractivity (Wildman–Crippen MR) is 105 cm³/mol. The van der Waals surface area contributed by atoms with Gasteiger partial charge in [0.25, 0.3) is 0 Å². The molecule has 3 aromatic rings. The van der Waals surface area contributed by atoms with Gasteiger partial charge in [0.2, 0.25) is 5.78 Å². The molecular formula is C21H20N2O2S. The van der Waals surface area contributed by atoms with Crippen LogP contribution in [0.15, 0.2) is 30.3 Å². The third kappa shape index (κ3) is 2.72. The van der Waals surface area contributed by atoms with Gasteiger partial charge >= 0.3 is 0 Å². The number of thiophene rings is 1.